The van der Waals surface area contributed by atoms with Crippen LogP contribution in [0.25, 0.3) is 0 Å². The molecule has 2 aromatic rings. The summed E-state index contributed by atoms with van der Waals surface area (Å²) in [6.45, 7) is 0. The van der Waals surface area contributed by atoms with Crippen molar-refractivity contribution in [2.75, 3.05) is 5.73 Å². The van der Waals surface area contributed by atoms with Gasteiger partial charge in [0.15, 0.2) is 11.5 Å². The van der Waals surface area contributed by atoms with Gasteiger partial charge in [-0.2, -0.15) is 0 Å². The molecule has 1 aromatic heterocycles. The second-order valence-corrected chi connectivity index (χ2v) is 3.51. The number of hydrazone groups is 1. The molecule has 0 aliphatic heterocycles. The van der Waals surface area contributed by atoms with Crippen LogP contribution in [0, 0.1) is 0 Å². The lowest BCUT2D eigenvalue weighted by molar-refractivity contribution is -0.456. The van der Waals surface area contributed by atoms with E-state index in [2.05, 4.69) is 25.1 Å². The zero-order valence-electron chi connectivity index (χ0n) is 9.61. The summed E-state index contributed by atoms with van der Waals surface area (Å²) in [4.78, 5) is 0. The van der Waals surface area contributed by atoms with Crippen LogP contribution in [0.15, 0.2) is 27.9 Å². The predicted molar refractivity (Wildman–Crippen MR) is 65.3 cm³/mol. The number of nitrogens with zero attached hydrogens (tertiary/aromatic N) is 3. The minimum Gasteiger partial charge on any atom is -0.508 e. The molecule has 0 saturated carbocycles. The van der Waals surface area contributed by atoms with Crippen molar-refractivity contribution >= 4 is 17.9 Å². The highest BCUT2D eigenvalue weighted by molar-refractivity contribution is 5.98. The highest BCUT2D eigenvalue weighted by atomic mass is 16.6. The third-order valence-corrected chi connectivity index (χ3v) is 2.18. The third kappa shape index (κ3) is 2.77. The maximum atomic E-state index is 9.52. The van der Waals surface area contributed by atoms with Gasteiger partial charge in [0, 0.05) is 11.2 Å². The average Bonchev–Trinajstić information content (AvgIpc) is 2.78. The Kier molecular flexibility index (Phi) is 3.28. The summed E-state index contributed by atoms with van der Waals surface area (Å²) in [6.07, 6.45) is 1.38. The molecule has 9 nitrogen and oxygen atoms in total. The number of rotatable bonds is 3. The van der Waals surface area contributed by atoms with Crippen LogP contribution in [-0.2, 0) is 0 Å². The number of aromatic hydroxyl groups is 2. The highest BCUT2D eigenvalue weighted by Crippen LogP contribution is 2.19. The van der Waals surface area contributed by atoms with Crippen LogP contribution in [0.2, 0.25) is 0 Å². The van der Waals surface area contributed by atoms with Crippen molar-refractivity contribution in [3.05, 3.63) is 29.5 Å². The standard InChI is InChI=1S/C10H10N6O3/c11-9(8-10(12)16-19-15-8)14-13-4-5-1-2-6(17)3-7(5)18/h1-4,17-18H,(H2,11,14)(H2,12,16)/p+1/b13-4+. The number of benzene rings is 1. The molecule has 0 spiro atoms. The molecule has 0 amide bonds. The minimum atomic E-state index is -0.108. The first-order valence-electron chi connectivity index (χ1n) is 5.10. The number of phenolic OH excluding ortho intramolecular Hbond substituents is 2. The smallest absolute Gasteiger partial charge is 0.224 e. The molecule has 0 atom stereocenters. The van der Waals surface area contributed by atoms with Crippen molar-refractivity contribution in [3.8, 4) is 11.5 Å². The van der Waals surface area contributed by atoms with Crippen molar-refractivity contribution < 1.29 is 19.9 Å². The number of hydrogen-bond donors (Lipinski definition) is 5. The van der Waals surface area contributed by atoms with Gasteiger partial charge in [0.05, 0.1) is 5.56 Å². The van der Waals surface area contributed by atoms with Crippen molar-refractivity contribution in [2.24, 2.45) is 10.8 Å². The second kappa shape index (κ2) is 5.04. The summed E-state index contributed by atoms with van der Waals surface area (Å²) in [6, 6.07) is 4.11. The molecular formula is C10H11N6O3+. The van der Waals surface area contributed by atoms with E-state index < -0.39 is 0 Å². The molecule has 0 radical (unpaired) electrons. The lowest BCUT2D eigenvalue weighted by Gasteiger charge is -1.95. The van der Waals surface area contributed by atoms with E-state index in [-0.39, 0.29) is 28.8 Å². The SMILES string of the molecule is NC(=N/[NH+]=C/c1ccc(O)cc1O)c1nonc1N. The molecule has 9 heteroatoms. The molecule has 0 bridgehead atoms. The van der Waals surface area contributed by atoms with Gasteiger partial charge in [0.1, 0.15) is 11.5 Å². The van der Waals surface area contributed by atoms with Gasteiger partial charge >= 0.3 is 0 Å². The maximum absolute atomic E-state index is 9.52. The Hall–Kier alpha value is -3.10. The molecule has 0 fully saturated rings. The summed E-state index contributed by atoms with van der Waals surface area (Å²) < 4.78 is 4.37. The van der Waals surface area contributed by atoms with Crippen LogP contribution in [0.1, 0.15) is 11.3 Å². The fourth-order valence-electron chi connectivity index (χ4n) is 1.25. The Balaban J connectivity index is 2.17. The molecule has 0 aliphatic carbocycles. The van der Waals surface area contributed by atoms with Crippen LogP contribution < -0.4 is 16.6 Å². The fourth-order valence-corrected chi connectivity index (χ4v) is 1.25. The molecule has 7 N–H and O–H groups in total. The van der Waals surface area contributed by atoms with Crippen LogP contribution in [0.3, 0.4) is 0 Å². The lowest BCUT2D eigenvalue weighted by Crippen LogP contribution is -2.63. The van der Waals surface area contributed by atoms with E-state index in [1.165, 1.54) is 24.4 Å². The largest absolute Gasteiger partial charge is 0.508 e. The van der Waals surface area contributed by atoms with Crippen molar-refractivity contribution in [1.82, 2.24) is 10.3 Å². The highest BCUT2D eigenvalue weighted by Gasteiger charge is 2.12. The van der Waals surface area contributed by atoms with Crippen LogP contribution in [0.4, 0.5) is 5.82 Å². The Morgan fingerprint density at radius 3 is 2.79 bits per heavy atom. The van der Waals surface area contributed by atoms with Gasteiger partial charge < -0.3 is 21.7 Å². The van der Waals surface area contributed by atoms with Crippen molar-refractivity contribution in [3.63, 3.8) is 0 Å². The maximum Gasteiger partial charge on any atom is 0.224 e. The van der Waals surface area contributed by atoms with E-state index >= 15 is 0 Å². The van der Waals surface area contributed by atoms with E-state index in [0.717, 1.165) is 0 Å². The van der Waals surface area contributed by atoms with E-state index in [4.69, 9.17) is 16.6 Å². The third-order valence-electron chi connectivity index (χ3n) is 2.18. The molecule has 0 unspecified atom stereocenters. The Bertz CT molecular complexity index is 648. The first-order chi connectivity index (χ1) is 9.08. The molecule has 0 saturated heterocycles. The fraction of sp³-hybridized carbons (Fsp3) is 0. The normalized spacial score (nSPS) is 12.1. The van der Waals surface area contributed by atoms with Gasteiger partial charge in [-0.15, -0.1) is 5.10 Å². The molecule has 98 valence electrons. The Morgan fingerprint density at radius 1 is 1.37 bits per heavy atom. The number of aromatic nitrogens is 2. The van der Waals surface area contributed by atoms with E-state index in [0.29, 0.717) is 5.56 Å². The number of anilines is 1. The quantitative estimate of drug-likeness (QED) is 0.240. The summed E-state index contributed by atoms with van der Waals surface area (Å²) in [7, 11) is 0. The first kappa shape index (κ1) is 12.4. The van der Waals surface area contributed by atoms with Crippen molar-refractivity contribution in [1.29, 1.82) is 0 Å². The zero-order valence-corrected chi connectivity index (χ0v) is 9.61. The summed E-state index contributed by atoms with van der Waals surface area (Å²) in [5.74, 6) is -0.146. The van der Waals surface area contributed by atoms with Gasteiger partial charge in [0.2, 0.25) is 12.1 Å². The molecule has 1 aromatic carbocycles. The van der Waals surface area contributed by atoms with E-state index in [1.807, 2.05) is 0 Å². The van der Waals surface area contributed by atoms with Gasteiger partial charge in [-0.05, 0) is 22.4 Å². The number of nitrogen functional groups attached to an aromatic ring is 1. The topological polar surface area (TPSA) is 158 Å². The number of nitrogens with two attached hydrogens (primary N) is 2. The van der Waals surface area contributed by atoms with Gasteiger partial charge in [-0.25, -0.2) is 4.63 Å². The molecular weight excluding hydrogens is 252 g/mol. The number of nitrogens with one attached hydrogen (secondary N) is 1. The van der Waals surface area contributed by atoms with Crippen LogP contribution in [0.5, 0.6) is 11.5 Å². The molecule has 19 heavy (non-hydrogen) atoms. The zero-order chi connectivity index (χ0) is 13.8. The molecule has 2 rings (SSSR count). The van der Waals surface area contributed by atoms with Crippen molar-refractivity contribution in [2.45, 2.75) is 0 Å². The Labute approximate surface area is 106 Å². The van der Waals surface area contributed by atoms with Gasteiger partial charge in [-0.3, -0.25) is 0 Å². The summed E-state index contributed by atoms with van der Waals surface area (Å²) >= 11 is 0. The molecule has 0 aliphatic rings. The monoisotopic (exact) mass is 263 g/mol. The Morgan fingerprint density at radius 2 is 2.16 bits per heavy atom. The molecule has 1 heterocycles. The average molecular weight is 263 g/mol. The first-order valence-corrected chi connectivity index (χ1v) is 5.10. The lowest BCUT2D eigenvalue weighted by atomic mass is 10.2. The van der Waals surface area contributed by atoms with E-state index in [9.17, 15) is 5.11 Å². The van der Waals surface area contributed by atoms with Gasteiger partial charge in [0.25, 0.3) is 0 Å². The number of hydrogen-bond acceptors (Lipinski definition) is 7. The second-order valence-electron chi connectivity index (χ2n) is 3.51. The van der Waals surface area contributed by atoms with Crippen LogP contribution in [-0.4, -0.2) is 32.6 Å². The number of phenols is 2. The van der Waals surface area contributed by atoms with Gasteiger partial charge in [-0.1, -0.05) is 0 Å². The summed E-state index contributed by atoms with van der Waals surface area (Å²) in [5, 5.41) is 31.7. The number of amidine groups is 1. The minimum absolute atomic E-state index is 0.0201. The van der Waals surface area contributed by atoms with E-state index in [1.54, 1.807) is 0 Å². The van der Waals surface area contributed by atoms with Crippen LogP contribution >= 0.6 is 0 Å². The predicted octanol–water partition coefficient (Wildman–Crippen LogP) is -2.12. The summed E-state index contributed by atoms with van der Waals surface area (Å²) in [5.41, 5.74) is 11.6.